The molecule has 2 saturated heterocycles. The number of aliphatic hydroxyl groups excluding tert-OH is 2. The van der Waals surface area contributed by atoms with Gasteiger partial charge in [0, 0.05) is 65.4 Å². The quantitative estimate of drug-likeness (QED) is 0.630. The van der Waals surface area contributed by atoms with Crippen LogP contribution < -0.4 is 5.32 Å². The minimum absolute atomic E-state index is 0. The van der Waals surface area contributed by atoms with Gasteiger partial charge in [0.05, 0.1) is 12.2 Å². The monoisotopic (exact) mass is 312 g/mol. The van der Waals surface area contributed by atoms with Crippen LogP contribution in [0.15, 0.2) is 0 Å². The molecule has 0 spiro atoms. The van der Waals surface area contributed by atoms with E-state index in [4.69, 9.17) is 19.7 Å². The molecule has 0 aliphatic carbocycles. The topological polar surface area (TPSA) is 74.2 Å². The van der Waals surface area contributed by atoms with Crippen molar-refractivity contribution in [3.63, 3.8) is 0 Å². The zero-order valence-electron chi connectivity index (χ0n) is 12.6. The van der Waals surface area contributed by atoms with Crippen LogP contribution in [0.25, 0.3) is 0 Å². The van der Waals surface area contributed by atoms with Gasteiger partial charge in [-0.05, 0) is 7.05 Å². The highest BCUT2D eigenvalue weighted by atomic mass is 35.5. The number of hydrogen-bond acceptors (Lipinski definition) is 6. The maximum atomic E-state index is 8.88. The summed E-state index contributed by atoms with van der Waals surface area (Å²) in [4.78, 5) is 2.18. The Morgan fingerprint density at radius 2 is 1.60 bits per heavy atom. The number of aliphatic hydroxyl groups is 2. The van der Waals surface area contributed by atoms with Crippen molar-refractivity contribution in [1.82, 2.24) is 10.2 Å². The van der Waals surface area contributed by atoms with E-state index in [0.717, 1.165) is 26.2 Å². The normalized spacial score (nSPS) is 33.5. The van der Waals surface area contributed by atoms with Gasteiger partial charge in [-0.25, -0.2) is 0 Å². The van der Waals surface area contributed by atoms with E-state index in [1.54, 1.807) is 14.2 Å². The third-order valence-corrected chi connectivity index (χ3v) is 3.92. The predicted octanol–water partition coefficient (Wildman–Crippen LogP) is -0.810. The molecule has 2 aliphatic rings. The van der Waals surface area contributed by atoms with Gasteiger partial charge in [0.2, 0.25) is 0 Å². The summed E-state index contributed by atoms with van der Waals surface area (Å²) >= 11 is 0. The van der Waals surface area contributed by atoms with Gasteiger partial charge in [-0.3, -0.25) is 0 Å². The lowest BCUT2D eigenvalue weighted by Gasteiger charge is -2.12. The van der Waals surface area contributed by atoms with Gasteiger partial charge in [0.1, 0.15) is 0 Å². The Labute approximate surface area is 127 Å². The number of halogens is 1. The number of nitrogens with zero attached hydrogens (tertiary/aromatic N) is 1. The van der Waals surface area contributed by atoms with E-state index in [1.807, 2.05) is 7.05 Å². The molecule has 0 aromatic heterocycles. The van der Waals surface area contributed by atoms with E-state index in [-0.39, 0.29) is 37.8 Å². The Morgan fingerprint density at radius 1 is 1.00 bits per heavy atom. The van der Waals surface area contributed by atoms with E-state index in [9.17, 15) is 0 Å². The molecule has 0 aromatic carbocycles. The highest BCUT2D eigenvalue weighted by molar-refractivity contribution is 5.85. The summed E-state index contributed by atoms with van der Waals surface area (Å²) in [5.41, 5.74) is 0. The molecule has 4 atom stereocenters. The zero-order chi connectivity index (χ0) is 14.3. The molecule has 2 rings (SSSR count). The van der Waals surface area contributed by atoms with Crippen molar-refractivity contribution in [1.29, 1.82) is 0 Å². The van der Waals surface area contributed by atoms with Crippen molar-refractivity contribution in [2.45, 2.75) is 12.2 Å². The standard InChI is InChI=1S/C7H15NO2.C6H13NO2.ClH/c1-8-3-6(5-9)7(4-8)10-2;1-9-6-3-7-2-5(6)4-8;/h6-7,9H,3-5H2,1-2H3;5-8H,2-4H2,1H3;1H/t6-,7+;5-,6+;/m00./s1. The number of ether oxygens (including phenoxy) is 2. The Hall–Kier alpha value is 0.0500. The number of rotatable bonds is 4. The lowest BCUT2D eigenvalue weighted by atomic mass is 10.1. The Kier molecular flexibility index (Phi) is 10.8. The second-order valence-corrected chi connectivity index (χ2v) is 5.31. The molecule has 122 valence electrons. The average Bonchev–Trinajstić information content (AvgIpc) is 3.04. The summed E-state index contributed by atoms with van der Waals surface area (Å²) in [5.74, 6) is 0.616. The number of hydrogen-bond donors (Lipinski definition) is 3. The molecule has 2 aliphatic heterocycles. The lowest BCUT2D eigenvalue weighted by molar-refractivity contribution is 0.0563. The Morgan fingerprint density at radius 3 is 2.00 bits per heavy atom. The summed E-state index contributed by atoms with van der Waals surface area (Å²) in [6, 6.07) is 0. The van der Waals surface area contributed by atoms with Crippen LogP contribution in [0.5, 0.6) is 0 Å². The molecule has 3 N–H and O–H groups in total. The Bertz CT molecular complexity index is 226. The van der Waals surface area contributed by atoms with Gasteiger partial charge in [-0.15, -0.1) is 12.4 Å². The van der Waals surface area contributed by atoms with Crippen LogP contribution >= 0.6 is 12.4 Å². The summed E-state index contributed by atoms with van der Waals surface area (Å²) < 4.78 is 10.3. The maximum absolute atomic E-state index is 8.88. The molecule has 0 unspecified atom stereocenters. The third kappa shape index (κ3) is 5.81. The van der Waals surface area contributed by atoms with Gasteiger partial charge in [0.15, 0.2) is 0 Å². The number of likely N-dealkylation sites (tertiary alicyclic amines) is 1. The second-order valence-electron chi connectivity index (χ2n) is 5.31. The number of methoxy groups -OCH3 is 2. The minimum atomic E-state index is 0. The highest BCUT2D eigenvalue weighted by Crippen LogP contribution is 2.16. The van der Waals surface area contributed by atoms with Crippen LogP contribution in [0, 0.1) is 11.8 Å². The van der Waals surface area contributed by atoms with E-state index in [1.165, 1.54) is 0 Å². The summed E-state index contributed by atoms with van der Waals surface area (Å²) in [6.07, 6.45) is 0.449. The first kappa shape index (κ1) is 20.1. The maximum Gasteiger partial charge on any atom is 0.0760 e. The third-order valence-electron chi connectivity index (χ3n) is 3.92. The predicted molar refractivity (Wildman–Crippen MR) is 80.4 cm³/mol. The Balaban J connectivity index is 0.000000345. The van der Waals surface area contributed by atoms with Crippen molar-refractivity contribution >= 4 is 12.4 Å². The van der Waals surface area contributed by atoms with Crippen LogP contribution in [0.1, 0.15) is 0 Å². The van der Waals surface area contributed by atoms with Crippen molar-refractivity contribution in [3.8, 4) is 0 Å². The van der Waals surface area contributed by atoms with Gasteiger partial charge < -0.3 is 29.9 Å². The molecular weight excluding hydrogens is 284 g/mol. The zero-order valence-corrected chi connectivity index (χ0v) is 13.4. The number of likely N-dealkylation sites (N-methyl/N-ethyl adjacent to an activating group) is 1. The lowest BCUT2D eigenvalue weighted by Crippen LogP contribution is -2.23. The van der Waals surface area contributed by atoms with Crippen molar-refractivity contribution < 1.29 is 19.7 Å². The number of nitrogens with one attached hydrogen (secondary N) is 1. The van der Waals surface area contributed by atoms with E-state index in [2.05, 4.69) is 10.2 Å². The molecule has 6 nitrogen and oxygen atoms in total. The van der Waals surface area contributed by atoms with E-state index in [0.29, 0.717) is 11.8 Å². The van der Waals surface area contributed by atoms with Crippen molar-refractivity contribution in [3.05, 3.63) is 0 Å². The first-order valence-electron chi connectivity index (χ1n) is 6.82. The SMILES string of the molecule is CO[C@@H]1CN(C)C[C@H]1CO.CO[C@@H]1CNC[C@H]1CO.Cl. The van der Waals surface area contributed by atoms with Crippen LogP contribution in [0.3, 0.4) is 0 Å². The molecule has 0 radical (unpaired) electrons. The fraction of sp³-hybridized carbons (Fsp3) is 1.00. The van der Waals surface area contributed by atoms with E-state index < -0.39 is 0 Å². The van der Waals surface area contributed by atoms with Gasteiger partial charge in [-0.1, -0.05) is 0 Å². The summed E-state index contributed by atoms with van der Waals surface area (Å²) in [7, 11) is 5.43. The van der Waals surface area contributed by atoms with Gasteiger partial charge in [0.25, 0.3) is 0 Å². The largest absolute Gasteiger partial charge is 0.396 e. The molecule has 2 fully saturated rings. The van der Waals surface area contributed by atoms with Crippen LogP contribution in [-0.4, -0.2) is 88.0 Å². The van der Waals surface area contributed by atoms with Crippen LogP contribution in [0.2, 0.25) is 0 Å². The molecule has 0 aromatic rings. The highest BCUT2D eigenvalue weighted by Gasteiger charge is 2.29. The van der Waals surface area contributed by atoms with E-state index >= 15 is 0 Å². The van der Waals surface area contributed by atoms with Gasteiger partial charge in [-0.2, -0.15) is 0 Å². The molecule has 7 heteroatoms. The molecule has 0 bridgehead atoms. The second kappa shape index (κ2) is 10.7. The summed E-state index contributed by atoms with van der Waals surface area (Å²) in [6.45, 7) is 4.13. The first-order valence-corrected chi connectivity index (χ1v) is 6.82. The first-order chi connectivity index (χ1) is 9.15. The van der Waals surface area contributed by atoms with Crippen molar-refractivity contribution in [2.75, 3.05) is 60.7 Å². The fourth-order valence-corrected chi connectivity index (χ4v) is 2.66. The molecule has 0 saturated carbocycles. The minimum Gasteiger partial charge on any atom is -0.396 e. The molecule has 20 heavy (non-hydrogen) atoms. The summed E-state index contributed by atoms with van der Waals surface area (Å²) in [5, 5.41) is 20.8. The molecular formula is C13H29ClN2O4. The molecule has 0 amide bonds. The average molecular weight is 313 g/mol. The molecule has 2 heterocycles. The fourth-order valence-electron chi connectivity index (χ4n) is 2.66. The smallest absolute Gasteiger partial charge is 0.0760 e. The van der Waals surface area contributed by atoms with Crippen LogP contribution in [0.4, 0.5) is 0 Å². The van der Waals surface area contributed by atoms with Crippen molar-refractivity contribution in [2.24, 2.45) is 11.8 Å². The van der Waals surface area contributed by atoms with Crippen LogP contribution in [-0.2, 0) is 9.47 Å². The van der Waals surface area contributed by atoms with Gasteiger partial charge >= 0.3 is 0 Å².